The Morgan fingerprint density at radius 2 is 2.06 bits per heavy atom. The van der Waals surface area contributed by atoms with E-state index in [1.165, 1.54) is 12.3 Å². The number of nitrogens with zero attached hydrogens (tertiary/aromatic N) is 3. The molecule has 4 rings (SSSR count). The van der Waals surface area contributed by atoms with Gasteiger partial charge in [0.1, 0.15) is 18.2 Å². The highest BCUT2D eigenvalue weighted by molar-refractivity contribution is 6.31. The number of halogens is 3. The number of anilines is 1. The molecule has 0 aliphatic heterocycles. The number of hydrogen-bond acceptors (Lipinski definition) is 5. The van der Waals surface area contributed by atoms with Gasteiger partial charge in [-0.2, -0.15) is 5.10 Å². The molecule has 0 bridgehead atoms. The maximum atomic E-state index is 13.8. The summed E-state index contributed by atoms with van der Waals surface area (Å²) in [6.07, 6.45) is 3.14. The number of hydrogen-bond donors (Lipinski definition) is 1. The third-order valence-corrected chi connectivity index (χ3v) is 5.02. The highest BCUT2D eigenvalue weighted by atomic mass is 35.5. The molecular formula is C22H17ClF2N4O3. The third-order valence-electron chi connectivity index (χ3n) is 4.65. The Kier molecular flexibility index (Phi) is 6.18. The topological polar surface area (TPSA) is 82.2 Å². The number of carbonyl (C=O) groups is 1. The quantitative estimate of drug-likeness (QED) is 0.422. The van der Waals surface area contributed by atoms with Gasteiger partial charge in [0, 0.05) is 17.3 Å². The van der Waals surface area contributed by atoms with Crippen molar-refractivity contribution in [3.8, 4) is 5.75 Å². The second kappa shape index (κ2) is 9.19. The fourth-order valence-electron chi connectivity index (χ4n) is 2.99. The molecule has 164 valence electrons. The van der Waals surface area contributed by atoms with Gasteiger partial charge in [-0.1, -0.05) is 35.0 Å². The largest absolute Gasteiger partial charge is 0.486 e. The van der Waals surface area contributed by atoms with E-state index >= 15 is 0 Å². The van der Waals surface area contributed by atoms with Crippen molar-refractivity contribution >= 4 is 23.2 Å². The monoisotopic (exact) mass is 458 g/mol. The first kappa shape index (κ1) is 21.5. The minimum absolute atomic E-state index is 0.0103. The molecule has 1 N–H and O–H groups in total. The van der Waals surface area contributed by atoms with Crippen LogP contribution >= 0.6 is 11.6 Å². The Hall–Kier alpha value is -3.72. The van der Waals surface area contributed by atoms with E-state index in [1.54, 1.807) is 23.9 Å². The third kappa shape index (κ3) is 4.78. The van der Waals surface area contributed by atoms with Crippen LogP contribution in [-0.2, 0) is 13.2 Å². The average molecular weight is 459 g/mol. The molecule has 0 saturated carbocycles. The Morgan fingerprint density at radius 3 is 2.84 bits per heavy atom. The maximum absolute atomic E-state index is 13.8. The molecule has 0 saturated heterocycles. The number of aromatic nitrogens is 3. The van der Waals surface area contributed by atoms with Crippen molar-refractivity contribution in [2.45, 2.75) is 20.1 Å². The Morgan fingerprint density at radius 1 is 1.25 bits per heavy atom. The first-order valence-electron chi connectivity index (χ1n) is 9.51. The summed E-state index contributed by atoms with van der Waals surface area (Å²) >= 11 is 6.17. The SMILES string of the molecule is Cc1onc(C(=O)Nc2cnn(Cc3ccccc3Cl)c2)c1COc1ccc(F)cc1F. The van der Waals surface area contributed by atoms with E-state index in [4.69, 9.17) is 20.9 Å². The van der Waals surface area contributed by atoms with E-state index in [1.807, 2.05) is 18.2 Å². The van der Waals surface area contributed by atoms with Crippen LogP contribution in [-0.4, -0.2) is 20.8 Å². The van der Waals surface area contributed by atoms with E-state index in [9.17, 15) is 13.6 Å². The van der Waals surface area contributed by atoms with Crippen molar-refractivity contribution in [2.24, 2.45) is 0 Å². The summed E-state index contributed by atoms with van der Waals surface area (Å²) in [6, 6.07) is 10.3. The molecule has 0 atom stereocenters. The van der Waals surface area contributed by atoms with Gasteiger partial charge in [0.05, 0.1) is 24.0 Å². The number of nitrogens with one attached hydrogen (secondary N) is 1. The number of aryl methyl sites for hydroxylation is 1. The van der Waals surface area contributed by atoms with Crippen LogP contribution in [0.2, 0.25) is 5.02 Å². The molecule has 0 radical (unpaired) electrons. The Bertz CT molecular complexity index is 1270. The fourth-order valence-corrected chi connectivity index (χ4v) is 3.18. The zero-order valence-corrected chi connectivity index (χ0v) is 17.6. The van der Waals surface area contributed by atoms with Crippen molar-refractivity contribution < 1.29 is 22.8 Å². The Labute approximate surface area is 186 Å². The number of rotatable bonds is 7. The van der Waals surface area contributed by atoms with E-state index in [0.29, 0.717) is 34.6 Å². The van der Waals surface area contributed by atoms with Gasteiger partial charge in [-0.3, -0.25) is 9.48 Å². The molecular weight excluding hydrogens is 442 g/mol. The lowest BCUT2D eigenvalue weighted by Gasteiger charge is -2.08. The molecule has 2 aromatic heterocycles. The smallest absolute Gasteiger partial charge is 0.278 e. The summed E-state index contributed by atoms with van der Waals surface area (Å²) in [6.45, 7) is 1.85. The molecule has 0 spiro atoms. The van der Waals surface area contributed by atoms with Gasteiger partial charge in [-0.15, -0.1) is 0 Å². The number of carbonyl (C=O) groups excluding carboxylic acids is 1. The van der Waals surface area contributed by atoms with Gasteiger partial charge in [-0.25, -0.2) is 8.78 Å². The normalized spacial score (nSPS) is 10.9. The molecule has 1 amide bonds. The zero-order chi connectivity index (χ0) is 22.7. The van der Waals surface area contributed by atoms with Gasteiger partial charge in [0.25, 0.3) is 5.91 Å². The predicted molar refractivity (Wildman–Crippen MR) is 113 cm³/mol. The van der Waals surface area contributed by atoms with Crippen molar-refractivity contribution in [1.29, 1.82) is 0 Å². The number of amides is 1. The summed E-state index contributed by atoms with van der Waals surface area (Å²) in [5.41, 5.74) is 1.66. The number of benzene rings is 2. The van der Waals surface area contributed by atoms with Crippen LogP contribution in [0.15, 0.2) is 59.4 Å². The van der Waals surface area contributed by atoms with E-state index in [2.05, 4.69) is 15.6 Å². The van der Waals surface area contributed by atoms with Crippen LogP contribution in [0, 0.1) is 18.6 Å². The van der Waals surface area contributed by atoms with Gasteiger partial charge in [-0.05, 0) is 30.7 Å². The molecule has 32 heavy (non-hydrogen) atoms. The van der Waals surface area contributed by atoms with E-state index < -0.39 is 17.5 Å². The minimum atomic E-state index is -0.851. The van der Waals surface area contributed by atoms with E-state index in [0.717, 1.165) is 11.6 Å². The second-order valence-corrected chi connectivity index (χ2v) is 7.31. The van der Waals surface area contributed by atoms with Crippen molar-refractivity contribution in [1.82, 2.24) is 14.9 Å². The lowest BCUT2D eigenvalue weighted by atomic mass is 10.2. The summed E-state index contributed by atoms with van der Waals surface area (Å²) in [7, 11) is 0. The molecule has 0 aliphatic carbocycles. The molecule has 2 heterocycles. The van der Waals surface area contributed by atoms with Crippen molar-refractivity contribution in [3.05, 3.63) is 94.1 Å². The van der Waals surface area contributed by atoms with Crippen molar-refractivity contribution in [2.75, 3.05) is 5.32 Å². The van der Waals surface area contributed by atoms with Crippen molar-refractivity contribution in [3.63, 3.8) is 0 Å². The summed E-state index contributed by atoms with van der Waals surface area (Å²) in [5, 5.41) is 11.3. The molecule has 2 aromatic carbocycles. The molecule has 7 nitrogen and oxygen atoms in total. The van der Waals surface area contributed by atoms with Gasteiger partial charge < -0.3 is 14.6 Å². The molecule has 0 unspecified atom stereocenters. The van der Waals surface area contributed by atoms with Crippen LogP contribution in [0.3, 0.4) is 0 Å². The Balaban J connectivity index is 1.44. The highest BCUT2D eigenvalue weighted by Crippen LogP contribution is 2.22. The van der Waals surface area contributed by atoms with Crippen LogP contribution < -0.4 is 10.1 Å². The van der Waals surface area contributed by atoms with Crippen LogP contribution in [0.4, 0.5) is 14.5 Å². The molecule has 0 aliphatic rings. The summed E-state index contributed by atoms with van der Waals surface area (Å²) in [4.78, 5) is 12.7. The number of ether oxygens (including phenoxy) is 1. The molecule has 0 fully saturated rings. The first-order valence-corrected chi connectivity index (χ1v) is 9.88. The maximum Gasteiger partial charge on any atom is 0.278 e. The van der Waals surface area contributed by atoms with Crippen LogP contribution in [0.25, 0.3) is 0 Å². The van der Waals surface area contributed by atoms with Gasteiger partial charge >= 0.3 is 0 Å². The lowest BCUT2D eigenvalue weighted by molar-refractivity contribution is 0.101. The van der Waals surface area contributed by atoms with Gasteiger partial charge in [0.2, 0.25) is 0 Å². The fraction of sp³-hybridized carbons (Fsp3) is 0.136. The summed E-state index contributed by atoms with van der Waals surface area (Å²) in [5.74, 6) is -1.93. The van der Waals surface area contributed by atoms with Crippen LogP contribution in [0.1, 0.15) is 27.4 Å². The lowest BCUT2D eigenvalue weighted by Crippen LogP contribution is -2.15. The van der Waals surface area contributed by atoms with Gasteiger partial charge in [0.15, 0.2) is 17.3 Å². The average Bonchev–Trinajstić information content (AvgIpc) is 3.35. The zero-order valence-electron chi connectivity index (χ0n) is 16.8. The minimum Gasteiger partial charge on any atom is -0.486 e. The molecule has 10 heteroatoms. The predicted octanol–water partition coefficient (Wildman–Crippen LogP) is 4.99. The van der Waals surface area contributed by atoms with Crippen LogP contribution in [0.5, 0.6) is 5.75 Å². The highest BCUT2D eigenvalue weighted by Gasteiger charge is 2.21. The standard InChI is InChI=1S/C22H17ClF2N4O3/c1-13-17(12-31-20-7-6-15(24)8-19(20)25)21(28-32-13)22(30)27-16-9-26-29(11-16)10-14-4-2-3-5-18(14)23/h2-9,11H,10,12H2,1H3,(H,27,30). The second-order valence-electron chi connectivity index (χ2n) is 6.90. The first-order chi connectivity index (χ1) is 15.4. The van der Waals surface area contributed by atoms with E-state index in [-0.39, 0.29) is 18.1 Å². The molecule has 4 aromatic rings. The summed E-state index contributed by atoms with van der Waals surface area (Å²) < 4.78 is 39.0.